The summed E-state index contributed by atoms with van der Waals surface area (Å²) in [5.41, 5.74) is 3.46. The van der Waals surface area contributed by atoms with E-state index in [1.165, 1.54) is 24.1 Å². The summed E-state index contributed by atoms with van der Waals surface area (Å²) in [6.07, 6.45) is 9.14. The molecule has 3 atom stereocenters. The van der Waals surface area contributed by atoms with Crippen LogP contribution in [0.3, 0.4) is 0 Å². The Morgan fingerprint density at radius 3 is 2.44 bits per heavy atom. The van der Waals surface area contributed by atoms with Crippen molar-refractivity contribution in [1.29, 1.82) is 0 Å². The second-order valence-corrected chi connectivity index (χ2v) is 11.9. The Morgan fingerprint density at radius 2 is 1.59 bits per heavy atom. The first-order chi connectivity index (χ1) is 19.2. The first-order valence-electron chi connectivity index (χ1n) is 13.8. The topological polar surface area (TPSA) is 43.4 Å². The highest BCUT2D eigenvalue weighted by Crippen LogP contribution is 2.55. The molecule has 3 aliphatic heterocycles. The SMILES string of the molecule is C1=CC2CC[C@H]2C(C2(c3ccccc3)Oc3ccc(SN4CCN(c5ccc6c(c5)OCO6)CC4)cc3O2)=C1. The molecule has 0 aromatic heterocycles. The summed E-state index contributed by atoms with van der Waals surface area (Å²) in [4.78, 5) is 3.57. The van der Waals surface area contributed by atoms with E-state index in [2.05, 4.69) is 82.0 Å². The number of allylic oxidation sites excluding steroid dienone is 3. The van der Waals surface area contributed by atoms with Gasteiger partial charge in [0.05, 0.1) is 0 Å². The van der Waals surface area contributed by atoms with Gasteiger partial charge in [-0.3, -0.25) is 0 Å². The van der Waals surface area contributed by atoms with Crippen molar-refractivity contribution in [3.63, 3.8) is 0 Å². The number of fused-ring (bicyclic) bond motifs is 3. The van der Waals surface area contributed by atoms with E-state index in [4.69, 9.17) is 18.9 Å². The fourth-order valence-electron chi connectivity index (χ4n) is 6.29. The van der Waals surface area contributed by atoms with Crippen LogP contribution in [0.2, 0.25) is 0 Å². The normalized spacial score (nSPS) is 26.7. The van der Waals surface area contributed by atoms with Gasteiger partial charge >= 0.3 is 5.79 Å². The highest BCUT2D eigenvalue weighted by Gasteiger charge is 2.52. The van der Waals surface area contributed by atoms with Crippen molar-refractivity contribution >= 4 is 17.6 Å². The van der Waals surface area contributed by atoms with E-state index in [-0.39, 0.29) is 0 Å². The number of nitrogens with zero attached hydrogens (tertiary/aromatic N) is 2. The molecule has 0 amide bonds. The second kappa shape index (κ2) is 9.28. The van der Waals surface area contributed by atoms with Gasteiger partial charge in [-0.1, -0.05) is 48.6 Å². The first-order valence-corrected chi connectivity index (χ1v) is 14.6. The molecule has 0 N–H and O–H groups in total. The van der Waals surface area contributed by atoms with Crippen LogP contribution in [0.5, 0.6) is 23.0 Å². The monoisotopic (exact) mass is 538 g/mol. The molecule has 0 spiro atoms. The van der Waals surface area contributed by atoms with Crippen LogP contribution in [0.25, 0.3) is 0 Å². The molecule has 2 fully saturated rings. The Kier molecular flexibility index (Phi) is 5.56. The average molecular weight is 539 g/mol. The summed E-state index contributed by atoms with van der Waals surface area (Å²) >= 11 is 1.79. The molecule has 3 aromatic carbocycles. The zero-order chi connectivity index (χ0) is 25.8. The third kappa shape index (κ3) is 3.98. The molecular weight excluding hydrogens is 508 g/mol. The van der Waals surface area contributed by atoms with Gasteiger partial charge in [0.1, 0.15) is 0 Å². The van der Waals surface area contributed by atoms with Gasteiger partial charge in [0.2, 0.25) is 6.79 Å². The van der Waals surface area contributed by atoms with Crippen molar-refractivity contribution < 1.29 is 18.9 Å². The summed E-state index contributed by atoms with van der Waals surface area (Å²) in [5.74, 6) is 3.44. The molecule has 1 saturated heterocycles. The predicted octanol–water partition coefficient (Wildman–Crippen LogP) is 6.39. The molecule has 2 unspecified atom stereocenters. The molecule has 2 aliphatic carbocycles. The molecule has 3 heterocycles. The zero-order valence-corrected chi connectivity index (χ0v) is 22.4. The average Bonchev–Trinajstić information content (AvgIpc) is 3.59. The van der Waals surface area contributed by atoms with Gasteiger partial charge in [-0.25, -0.2) is 4.31 Å². The predicted molar refractivity (Wildman–Crippen MR) is 151 cm³/mol. The van der Waals surface area contributed by atoms with E-state index in [9.17, 15) is 0 Å². The van der Waals surface area contributed by atoms with Crippen molar-refractivity contribution in [2.24, 2.45) is 11.8 Å². The standard InChI is InChI=1S/C32H30N2O4S/c1-2-6-23(7-3-1)32(27-8-4-5-22-9-12-26(22)27)37-29-14-11-25(20-31(29)38-32)39-34-17-15-33(16-18-34)24-10-13-28-30(19-24)36-21-35-28/h1-8,10-11,13-14,19-20,22,26H,9,12,15-18,21H2/t22?,26-,32?/m1/s1. The van der Waals surface area contributed by atoms with Gasteiger partial charge in [0, 0.05) is 54.0 Å². The maximum atomic E-state index is 6.83. The number of hydrogen-bond donors (Lipinski definition) is 0. The van der Waals surface area contributed by atoms with E-state index in [0.717, 1.165) is 59.6 Å². The van der Waals surface area contributed by atoms with Crippen LogP contribution in [0.1, 0.15) is 18.4 Å². The van der Waals surface area contributed by atoms with Crippen LogP contribution in [-0.2, 0) is 5.79 Å². The molecule has 8 rings (SSSR count). The Morgan fingerprint density at radius 1 is 0.769 bits per heavy atom. The quantitative estimate of drug-likeness (QED) is 0.349. The van der Waals surface area contributed by atoms with E-state index < -0.39 is 5.79 Å². The molecular formula is C32H30N2O4S. The number of ether oxygens (including phenoxy) is 4. The number of rotatable bonds is 5. The summed E-state index contributed by atoms with van der Waals surface area (Å²) in [6.45, 7) is 4.14. The van der Waals surface area contributed by atoms with Gasteiger partial charge in [-0.05, 0) is 67.0 Å². The van der Waals surface area contributed by atoms with E-state index in [0.29, 0.717) is 18.6 Å². The molecule has 7 heteroatoms. The van der Waals surface area contributed by atoms with E-state index in [1.54, 1.807) is 11.9 Å². The van der Waals surface area contributed by atoms with Gasteiger partial charge in [-0.15, -0.1) is 0 Å². The summed E-state index contributed by atoms with van der Waals surface area (Å²) in [7, 11) is 0. The van der Waals surface area contributed by atoms with Crippen LogP contribution >= 0.6 is 11.9 Å². The number of piperazine rings is 1. The number of hydrogen-bond acceptors (Lipinski definition) is 7. The van der Waals surface area contributed by atoms with Gasteiger partial charge < -0.3 is 23.8 Å². The third-order valence-electron chi connectivity index (χ3n) is 8.51. The fourth-order valence-corrected chi connectivity index (χ4v) is 7.22. The fraction of sp³-hybridized carbons (Fsp3) is 0.312. The minimum atomic E-state index is -0.906. The lowest BCUT2D eigenvalue weighted by atomic mass is 9.65. The lowest BCUT2D eigenvalue weighted by Crippen LogP contribution is -2.44. The number of benzene rings is 3. The smallest absolute Gasteiger partial charge is 0.302 e. The molecule has 0 bridgehead atoms. The molecule has 6 nitrogen and oxygen atoms in total. The van der Waals surface area contributed by atoms with Gasteiger partial charge in [0.25, 0.3) is 0 Å². The Labute approximate surface area is 232 Å². The maximum Gasteiger partial charge on any atom is 0.302 e. The number of anilines is 1. The minimum Gasteiger partial charge on any atom is -0.454 e. The largest absolute Gasteiger partial charge is 0.454 e. The highest BCUT2D eigenvalue weighted by molar-refractivity contribution is 7.97. The van der Waals surface area contributed by atoms with Gasteiger partial charge in [0.15, 0.2) is 23.0 Å². The lowest BCUT2D eigenvalue weighted by Gasteiger charge is -2.44. The van der Waals surface area contributed by atoms with Crippen LogP contribution in [0.15, 0.2) is 95.4 Å². The zero-order valence-electron chi connectivity index (χ0n) is 21.6. The summed E-state index contributed by atoms with van der Waals surface area (Å²) in [5, 5.41) is 0. The first kappa shape index (κ1) is 23.3. The van der Waals surface area contributed by atoms with Crippen molar-refractivity contribution in [2.75, 3.05) is 37.9 Å². The van der Waals surface area contributed by atoms with Gasteiger partial charge in [-0.2, -0.15) is 0 Å². The molecule has 3 aromatic rings. The molecule has 39 heavy (non-hydrogen) atoms. The summed E-state index contributed by atoms with van der Waals surface area (Å²) in [6, 6.07) is 23.0. The third-order valence-corrected chi connectivity index (χ3v) is 9.60. The van der Waals surface area contributed by atoms with Crippen LogP contribution in [0.4, 0.5) is 5.69 Å². The lowest BCUT2D eigenvalue weighted by molar-refractivity contribution is -0.0661. The second-order valence-electron chi connectivity index (χ2n) is 10.7. The van der Waals surface area contributed by atoms with Crippen molar-refractivity contribution in [3.05, 3.63) is 96.1 Å². The maximum absolute atomic E-state index is 6.83. The van der Waals surface area contributed by atoms with Crippen molar-refractivity contribution in [1.82, 2.24) is 4.31 Å². The highest BCUT2D eigenvalue weighted by atomic mass is 32.2. The van der Waals surface area contributed by atoms with Crippen LogP contribution in [0, 0.1) is 11.8 Å². The molecule has 0 radical (unpaired) electrons. The van der Waals surface area contributed by atoms with Crippen LogP contribution in [-0.4, -0.2) is 37.3 Å². The molecule has 198 valence electrons. The van der Waals surface area contributed by atoms with Crippen molar-refractivity contribution in [3.8, 4) is 23.0 Å². The van der Waals surface area contributed by atoms with Crippen LogP contribution < -0.4 is 23.8 Å². The Hall–Kier alpha value is -3.55. The minimum absolute atomic E-state index is 0.307. The Balaban J connectivity index is 0.992. The molecule has 1 saturated carbocycles. The van der Waals surface area contributed by atoms with E-state index in [1.807, 2.05) is 12.1 Å². The molecule has 5 aliphatic rings. The Bertz CT molecular complexity index is 1470. The summed E-state index contributed by atoms with van der Waals surface area (Å²) < 4.78 is 27.0. The van der Waals surface area contributed by atoms with E-state index >= 15 is 0 Å². The van der Waals surface area contributed by atoms with Crippen molar-refractivity contribution in [2.45, 2.75) is 23.5 Å².